The van der Waals surface area contributed by atoms with E-state index >= 15 is 0 Å². The van der Waals surface area contributed by atoms with Crippen molar-refractivity contribution in [1.29, 1.82) is 0 Å². The molecule has 4 heterocycles. The van der Waals surface area contributed by atoms with E-state index in [0.29, 0.717) is 42.8 Å². The molecule has 0 saturated carbocycles. The number of pyridine rings is 1. The van der Waals surface area contributed by atoms with Gasteiger partial charge >= 0.3 is 11.8 Å². The first-order valence-corrected chi connectivity index (χ1v) is 13.6. The number of allylic oxidation sites excluding steroid dienone is 1. The van der Waals surface area contributed by atoms with Crippen LogP contribution in [0.25, 0.3) is 16.7 Å². The number of carbonyl (C=O) groups excluding carboxylic acids is 1. The Hall–Kier alpha value is -4.94. The average molecular weight is 576 g/mol. The van der Waals surface area contributed by atoms with Gasteiger partial charge in [-0.2, -0.15) is 0 Å². The zero-order valence-electron chi connectivity index (χ0n) is 22.3. The number of aromatic amines is 1. The number of aromatic nitrogens is 5. The molecule has 6 rings (SSSR count). The fourth-order valence-electron chi connectivity index (χ4n) is 6.06. The minimum absolute atomic E-state index is 0.000949. The summed E-state index contributed by atoms with van der Waals surface area (Å²) in [5.74, 6) is -3.10. The number of fused-ring (bicyclic) bond motifs is 2. The molecule has 11 nitrogen and oxygen atoms in total. The molecule has 2 aliphatic rings. The van der Waals surface area contributed by atoms with E-state index < -0.39 is 29.7 Å². The van der Waals surface area contributed by atoms with E-state index in [1.54, 1.807) is 27.8 Å². The monoisotopic (exact) mass is 575 g/mol. The maximum Gasteiger partial charge on any atom is 0.405 e. The van der Waals surface area contributed by atoms with Crippen LogP contribution in [0.3, 0.4) is 0 Å². The molecular formula is C29H27F2N7O4. The first kappa shape index (κ1) is 27.2. The van der Waals surface area contributed by atoms with Gasteiger partial charge in [0.05, 0.1) is 29.4 Å². The highest BCUT2D eigenvalue weighted by molar-refractivity contribution is 5.89. The zero-order valence-corrected chi connectivity index (χ0v) is 22.3. The lowest BCUT2D eigenvalue weighted by molar-refractivity contribution is -0.131. The molecule has 1 saturated heterocycles. The van der Waals surface area contributed by atoms with E-state index in [0.717, 1.165) is 11.6 Å². The van der Waals surface area contributed by atoms with E-state index in [-0.39, 0.29) is 41.7 Å². The first-order chi connectivity index (χ1) is 20.3. The third kappa shape index (κ3) is 5.01. The number of benzene rings is 1. The molecule has 0 unspecified atom stereocenters. The van der Waals surface area contributed by atoms with Gasteiger partial charge in [0.2, 0.25) is 5.91 Å². The van der Waals surface area contributed by atoms with E-state index in [2.05, 4.69) is 25.3 Å². The van der Waals surface area contributed by atoms with Crippen LogP contribution in [0.2, 0.25) is 0 Å². The molecule has 3 aromatic heterocycles. The predicted octanol–water partition coefficient (Wildman–Crippen LogP) is 3.93. The third-order valence-corrected chi connectivity index (χ3v) is 8.02. The van der Waals surface area contributed by atoms with Gasteiger partial charge in [-0.25, -0.2) is 23.4 Å². The molecule has 0 radical (unpaired) electrons. The number of imidazole rings is 1. The number of hydrogen-bond acceptors (Lipinski definition) is 6. The van der Waals surface area contributed by atoms with Gasteiger partial charge in [-0.1, -0.05) is 18.2 Å². The van der Waals surface area contributed by atoms with Gasteiger partial charge in [0.25, 0.3) is 0 Å². The van der Waals surface area contributed by atoms with Crippen molar-refractivity contribution in [2.24, 2.45) is 0 Å². The average Bonchev–Trinajstić information content (AvgIpc) is 3.25. The van der Waals surface area contributed by atoms with Gasteiger partial charge in [-0.15, -0.1) is 0 Å². The SMILES string of the molecule is O=C(O)N[C@@H]1c2nccnc2C(CC(=O)N2CCC(n3c(=O)[nH]c4ncccc43)CC2)=CC[C@H]1c1cccc(F)c1F. The van der Waals surface area contributed by atoms with Crippen molar-refractivity contribution in [3.8, 4) is 0 Å². The highest BCUT2D eigenvalue weighted by Crippen LogP contribution is 2.41. The van der Waals surface area contributed by atoms with Crippen LogP contribution in [-0.2, 0) is 4.79 Å². The smallest absolute Gasteiger partial charge is 0.405 e. The lowest BCUT2D eigenvalue weighted by Crippen LogP contribution is -2.40. The van der Waals surface area contributed by atoms with E-state index in [1.165, 1.54) is 24.5 Å². The van der Waals surface area contributed by atoms with Gasteiger partial charge < -0.3 is 15.3 Å². The molecule has 4 aromatic rings. The molecule has 1 aliphatic heterocycles. The zero-order chi connectivity index (χ0) is 29.4. The number of likely N-dealkylation sites (tertiary alicyclic amines) is 1. The van der Waals surface area contributed by atoms with Crippen LogP contribution in [0.1, 0.15) is 60.6 Å². The maximum absolute atomic E-state index is 14.9. The summed E-state index contributed by atoms with van der Waals surface area (Å²) < 4.78 is 30.8. The molecule has 216 valence electrons. The Kier molecular flexibility index (Phi) is 7.23. The van der Waals surface area contributed by atoms with E-state index in [1.807, 2.05) is 6.07 Å². The van der Waals surface area contributed by atoms with Crippen molar-refractivity contribution >= 4 is 28.7 Å². The number of piperidine rings is 1. The van der Waals surface area contributed by atoms with Crippen LogP contribution in [0, 0.1) is 11.6 Å². The van der Waals surface area contributed by atoms with Crippen molar-refractivity contribution in [1.82, 2.24) is 34.7 Å². The number of rotatable bonds is 5. The molecule has 1 aliphatic carbocycles. The Labute approximate surface area is 237 Å². The van der Waals surface area contributed by atoms with Crippen LogP contribution in [-0.4, -0.2) is 59.6 Å². The molecule has 3 N–H and O–H groups in total. The van der Waals surface area contributed by atoms with Gasteiger partial charge in [-0.3, -0.25) is 24.3 Å². The van der Waals surface area contributed by atoms with Crippen molar-refractivity contribution in [3.05, 3.63) is 94.1 Å². The Morgan fingerprint density at radius 3 is 2.62 bits per heavy atom. The molecule has 0 bridgehead atoms. The van der Waals surface area contributed by atoms with Gasteiger partial charge in [0.1, 0.15) is 0 Å². The number of nitrogens with one attached hydrogen (secondary N) is 2. The number of carboxylic acid groups (broad SMARTS) is 1. The molecule has 42 heavy (non-hydrogen) atoms. The number of H-pyrrole nitrogens is 1. The number of nitrogens with zero attached hydrogens (tertiary/aromatic N) is 5. The summed E-state index contributed by atoms with van der Waals surface area (Å²) in [4.78, 5) is 55.4. The minimum atomic E-state index is -1.36. The normalized spacial score (nSPS) is 19.2. The van der Waals surface area contributed by atoms with Crippen LogP contribution < -0.4 is 11.0 Å². The van der Waals surface area contributed by atoms with Crippen LogP contribution >= 0.6 is 0 Å². The second-order valence-corrected chi connectivity index (χ2v) is 10.4. The second kappa shape index (κ2) is 11.1. The van der Waals surface area contributed by atoms with E-state index in [4.69, 9.17) is 0 Å². The molecule has 0 spiro atoms. The lowest BCUT2D eigenvalue weighted by Gasteiger charge is -2.32. The molecular weight excluding hydrogens is 548 g/mol. The highest BCUT2D eigenvalue weighted by Gasteiger charge is 2.36. The lowest BCUT2D eigenvalue weighted by atomic mass is 9.87. The third-order valence-electron chi connectivity index (χ3n) is 8.02. The molecule has 13 heteroatoms. The number of amides is 2. The Morgan fingerprint density at radius 1 is 1.05 bits per heavy atom. The van der Waals surface area contributed by atoms with Crippen LogP contribution in [0.15, 0.2) is 59.8 Å². The van der Waals surface area contributed by atoms with Gasteiger partial charge in [-0.05, 0) is 48.6 Å². The van der Waals surface area contributed by atoms with Gasteiger partial charge in [0, 0.05) is 43.6 Å². The summed E-state index contributed by atoms with van der Waals surface area (Å²) in [6.07, 6.45) is 6.06. The molecule has 1 fully saturated rings. The molecule has 2 amide bonds. The summed E-state index contributed by atoms with van der Waals surface area (Å²) in [6, 6.07) is 6.27. The Bertz CT molecular complexity index is 1760. The van der Waals surface area contributed by atoms with E-state index in [9.17, 15) is 28.3 Å². The molecule has 1 aromatic carbocycles. The predicted molar refractivity (Wildman–Crippen MR) is 147 cm³/mol. The summed E-state index contributed by atoms with van der Waals surface area (Å²) >= 11 is 0. The van der Waals surface area contributed by atoms with Crippen molar-refractivity contribution in [2.75, 3.05) is 13.1 Å². The Morgan fingerprint density at radius 2 is 1.83 bits per heavy atom. The maximum atomic E-state index is 14.9. The number of hydrogen-bond donors (Lipinski definition) is 3. The standard InChI is InChI=1S/C29H27F2N7O4/c30-20-4-1-3-18(23(20)31)19-7-6-16(24-26(33-12-11-32-24)25(19)35-29(41)42)15-22(39)37-13-8-17(9-14-37)38-21-5-2-10-34-27(21)36-28(38)40/h1-6,10-12,17,19,25,35H,7-9,13-15H2,(H,41,42)(H,34,36,40)/t19-,25-/m0/s1. The quantitative estimate of drug-likeness (QED) is 0.327. The molecule has 2 atom stereocenters. The topological polar surface area (TPSA) is 146 Å². The Balaban J connectivity index is 1.24. The largest absolute Gasteiger partial charge is 0.465 e. The first-order valence-electron chi connectivity index (χ1n) is 13.6. The fourth-order valence-corrected chi connectivity index (χ4v) is 6.06. The second-order valence-electron chi connectivity index (χ2n) is 10.4. The van der Waals surface area contributed by atoms with Gasteiger partial charge in [0.15, 0.2) is 17.3 Å². The summed E-state index contributed by atoms with van der Waals surface area (Å²) in [5.41, 5.74) is 2.10. The number of halogens is 2. The van der Waals surface area contributed by atoms with Crippen molar-refractivity contribution in [2.45, 2.75) is 43.7 Å². The number of carbonyl (C=O) groups is 2. The van der Waals surface area contributed by atoms with Crippen LogP contribution in [0.5, 0.6) is 0 Å². The fraction of sp³-hybridized carbons (Fsp3) is 0.310. The summed E-state index contributed by atoms with van der Waals surface area (Å²) in [7, 11) is 0. The van der Waals surface area contributed by atoms with Crippen molar-refractivity contribution < 1.29 is 23.5 Å². The highest BCUT2D eigenvalue weighted by atomic mass is 19.2. The summed E-state index contributed by atoms with van der Waals surface area (Å²) in [5, 5.41) is 12.0. The van der Waals surface area contributed by atoms with Crippen molar-refractivity contribution in [3.63, 3.8) is 0 Å². The summed E-state index contributed by atoms with van der Waals surface area (Å²) in [6.45, 7) is 0.869. The minimum Gasteiger partial charge on any atom is -0.465 e. The van der Waals surface area contributed by atoms with Crippen LogP contribution in [0.4, 0.5) is 13.6 Å².